The zero-order valence-corrected chi connectivity index (χ0v) is 40.2. The summed E-state index contributed by atoms with van der Waals surface area (Å²) in [6.45, 7) is 17.0. The van der Waals surface area contributed by atoms with Gasteiger partial charge in [-0.15, -0.1) is 0 Å². The average molecular weight is 907 g/mol. The molecule has 2 aromatic rings. The summed E-state index contributed by atoms with van der Waals surface area (Å²) in [5.41, 5.74) is 2.36. The number of hydrogen-bond acceptors (Lipinski definition) is 10. The van der Waals surface area contributed by atoms with Gasteiger partial charge in [-0.25, -0.2) is 9.59 Å². The highest BCUT2D eigenvalue weighted by molar-refractivity contribution is 5.92. The van der Waals surface area contributed by atoms with E-state index in [2.05, 4.69) is 22.5 Å². The first kappa shape index (κ1) is 53.9. The summed E-state index contributed by atoms with van der Waals surface area (Å²) in [5.74, 6) is -4.38. The summed E-state index contributed by atoms with van der Waals surface area (Å²) in [6, 6.07) is 12.2. The topological polar surface area (TPSA) is 196 Å². The molecule has 0 radical (unpaired) electrons. The van der Waals surface area contributed by atoms with Gasteiger partial charge in [-0.3, -0.25) is 24.1 Å². The van der Waals surface area contributed by atoms with Gasteiger partial charge in [-0.05, 0) is 60.1 Å². The predicted octanol–water partition coefficient (Wildman–Crippen LogP) is 5.71. The van der Waals surface area contributed by atoms with Gasteiger partial charge >= 0.3 is 12.1 Å². The molecule has 1 saturated heterocycles. The molecule has 360 valence electrons. The molecule has 0 saturated carbocycles. The van der Waals surface area contributed by atoms with Gasteiger partial charge < -0.3 is 45.1 Å². The summed E-state index contributed by atoms with van der Waals surface area (Å²) < 4.78 is 17.5. The molecule has 16 heteroatoms. The fourth-order valence-electron chi connectivity index (χ4n) is 8.73. The number of nitrogens with zero attached hydrogens (tertiary/aromatic N) is 3. The third-order valence-corrected chi connectivity index (χ3v) is 12.6. The fraction of sp³-hybridized carbons (Fsp3) is 0.592. The standard InChI is InChI=1S/C49H74N6O10/c1-13-32(7)43(53(9)47(59)41(30(3)4)52-46(58)42(31(5)6)54(10)49(62)65-29-35-22-24-36(25-23-35)50-14-2)39(63-11)28-40(56)55-26-18-21-38(55)44(64-12)33(8)45(57)51-37(48(60)61)27-34-19-16-15-17-20-34/h14-17,19-20,22-25,30-33,37-39,41-44,50H,2,13,18,21,26-29H2,1,3-12H3,(H,51,57)(H,52,58)(H,60,61)/t32-,33+,37?,38-,39+,41-,42-,43-,44+/m0/s1. The number of carbonyl (C=O) groups excluding carboxylic acids is 5. The normalized spacial score (nSPS) is 17.4. The van der Waals surface area contributed by atoms with E-state index in [0.717, 1.165) is 16.8 Å². The number of hydrogen-bond donors (Lipinski definition) is 4. The Morgan fingerprint density at radius 2 is 1.51 bits per heavy atom. The van der Waals surface area contributed by atoms with Crippen LogP contribution in [0.15, 0.2) is 67.4 Å². The lowest BCUT2D eigenvalue weighted by Crippen LogP contribution is -2.60. The molecule has 2 aromatic carbocycles. The van der Waals surface area contributed by atoms with Crippen LogP contribution in [0.2, 0.25) is 0 Å². The summed E-state index contributed by atoms with van der Waals surface area (Å²) in [5, 5.41) is 18.5. The van der Waals surface area contributed by atoms with E-state index in [0.29, 0.717) is 25.8 Å². The first-order valence-corrected chi connectivity index (χ1v) is 22.7. The Hall–Kier alpha value is -5.48. The number of likely N-dealkylation sites (N-methyl/N-ethyl adjacent to an activating group) is 2. The van der Waals surface area contributed by atoms with Crippen molar-refractivity contribution in [3.05, 3.63) is 78.5 Å². The first-order chi connectivity index (χ1) is 30.8. The van der Waals surface area contributed by atoms with Crippen LogP contribution in [0.5, 0.6) is 0 Å². The van der Waals surface area contributed by atoms with Gasteiger partial charge in [0.2, 0.25) is 23.6 Å². The van der Waals surface area contributed by atoms with Crippen molar-refractivity contribution in [2.45, 2.75) is 130 Å². The number of likely N-dealkylation sites (tertiary alicyclic amines) is 1. The number of rotatable bonds is 25. The molecular formula is C49H74N6O10. The smallest absolute Gasteiger partial charge is 0.410 e. The largest absolute Gasteiger partial charge is 0.480 e. The van der Waals surface area contributed by atoms with E-state index in [-0.39, 0.29) is 49.0 Å². The van der Waals surface area contributed by atoms with Crippen LogP contribution in [-0.4, -0.2) is 133 Å². The zero-order valence-electron chi connectivity index (χ0n) is 40.2. The SMILES string of the molecule is C=CNc1ccc(COC(=O)N(C)[C@H](C(=O)N[C@H](C(=O)N(C)[C@@H]([C@@H](C)CC)[C@@H](CC(=O)N2CCC[C@H]2[C@H](OC)[C@@H](C)C(=O)NC(Cc2ccccc2)C(=O)O)OC)C(C)C)C(C)C)cc1. The van der Waals surface area contributed by atoms with Gasteiger partial charge in [0.1, 0.15) is 24.7 Å². The van der Waals surface area contributed by atoms with Crippen LogP contribution in [-0.2, 0) is 51.2 Å². The number of aliphatic carboxylic acids is 1. The number of carboxylic acid groups (broad SMARTS) is 1. The van der Waals surface area contributed by atoms with E-state index in [1.807, 2.05) is 71.9 Å². The van der Waals surface area contributed by atoms with Crippen LogP contribution in [0.4, 0.5) is 10.5 Å². The third kappa shape index (κ3) is 14.8. The first-order valence-electron chi connectivity index (χ1n) is 22.7. The third-order valence-electron chi connectivity index (χ3n) is 12.6. The van der Waals surface area contributed by atoms with Gasteiger partial charge in [-0.1, -0.05) is 104 Å². The molecule has 3 rings (SSSR count). The molecule has 16 nitrogen and oxygen atoms in total. The van der Waals surface area contributed by atoms with E-state index in [1.54, 1.807) is 54.2 Å². The Kier molecular flexibility index (Phi) is 21.4. The van der Waals surface area contributed by atoms with Crippen molar-refractivity contribution in [2.24, 2.45) is 23.7 Å². The van der Waals surface area contributed by atoms with Gasteiger partial charge in [0.05, 0.1) is 36.6 Å². The Labute approximate surface area is 385 Å². The summed E-state index contributed by atoms with van der Waals surface area (Å²) in [4.78, 5) is 86.5. The molecule has 0 spiro atoms. The molecule has 1 unspecified atom stereocenters. The minimum absolute atomic E-state index is 0.00570. The molecule has 65 heavy (non-hydrogen) atoms. The van der Waals surface area contributed by atoms with Crippen molar-refractivity contribution in [1.82, 2.24) is 25.3 Å². The van der Waals surface area contributed by atoms with E-state index in [9.17, 15) is 33.9 Å². The van der Waals surface area contributed by atoms with Crippen molar-refractivity contribution in [2.75, 3.05) is 40.2 Å². The Morgan fingerprint density at radius 3 is 2.05 bits per heavy atom. The van der Waals surface area contributed by atoms with Crippen molar-refractivity contribution in [3.8, 4) is 0 Å². The van der Waals surface area contributed by atoms with E-state index < -0.39 is 72.2 Å². The monoisotopic (exact) mass is 907 g/mol. The molecule has 0 aliphatic carbocycles. The molecule has 1 aliphatic heterocycles. The second-order valence-electron chi connectivity index (χ2n) is 17.8. The summed E-state index contributed by atoms with van der Waals surface area (Å²) in [6.07, 6.45) is 1.32. The van der Waals surface area contributed by atoms with Crippen LogP contribution < -0.4 is 16.0 Å². The number of carbonyl (C=O) groups is 6. The van der Waals surface area contributed by atoms with Gasteiger partial charge in [0.25, 0.3) is 0 Å². The molecule has 1 aliphatic rings. The van der Waals surface area contributed by atoms with Crippen LogP contribution in [0.1, 0.15) is 85.3 Å². The maximum atomic E-state index is 14.6. The Morgan fingerprint density at radius 1 is 0.862 bits per heavy atom. The highest BCUT2D eigenvalue weighted by Gasteiger charge is 2.44. The van der Waals surface area contributed by atoms with Gasteiger partial charge in [-0.2, -0.15) is 0 Å². The average Bonchev–Trinajstić information content (AvgIpc) is 3.77. The van der Waals surface area contributed by atoms with Crippen LogP contribution >= 0.6 is 0 Å². The minimum Gasteiger partial charge on any atom is -0.480 e. The zero-order chi connectivity index (χ0) is 48.5. The maximum Gasteiger partial charge on any atom is 0.410 e. The number of methoxy groups -OCH3 is 2. The Balaban J connectivity index is 1.76. The van der Waals surface area contributed by atoms with E-state index in [4.69, 9.17) is 14.2 Å². The quantitative estimate of drug-likeness (QED) is 0.0954. The molecule has 0 aromatic heterocycles. The van der Waals surface area contributed by atoms with Crippen molar-refractivity contribution >= 4 is 41.4 Å². The highest BCUT2D eigenvalue weighted by atomic mass is 16.6. The van der Waals surface area contributed by atoms with Gasteiger partial charge in [0.15, 0.2) is 0 Å². The molecule has 1 heterocycles. The number of carboxylic acids is 1. The lowest BCUT2D eigenvalue weighted by Gasteiger charge is -2.41. The fourth-order valence-corrected chi connectivity index (χ4v) is 8.73. The molecule has 4 N–H and O–H groups in total. The molecule has 5 amide bonds. The maximum absolute atomic E-state index is 14.6. The molecular weight excluding hydrogens is 833 g/mol. The van der Waals surface area contributed by atoms with E-state index >= 15 is 0 Å². The van der Waals surface area contributed by atoms with Crippen molar-refractivity contribution in [1.29, 1.82) is 0 Å². The molecule has 1 fully saturated rings. The number of benzene rings is 2. The van der Waals surface area contributed by atoms with Crippen LogP contribution in [0, 0.1) is 23.7 Å². The lowest BCUT2D eigenvalue weighted by atomic mass is 9.89. The van der Waals surface area contributed by atoms with Crippen molar-refractivity contribution in [3.63, 3.8) is 0 Å². The molecule has 9 atom stereocenters. The minimum atomic E-state index is -1.16. The lowest BCUT2D eigenvalue weighted by molar-refractivity contribution is -0.148. The summed E-state index contributed by atoms with van der Waals surface area (Å²) >= 11 is 0. The van der Waals surface area contributed by atoms with Gasteiger partial charge in [0, 0.05) is 47.0 Å². The molecule has 0 bridgehead atoms. The number of ether oxygens (including phenoxy) is 3. The Bertz CT molecular complexity index is 1880. The second-order valence-corrected chi connectivity index (χ2v) is 17.8. The number of amides is 5. The van der Waals surface area contributed by atoms with Crippen LogP contribution in [0.25, 0.3) is 0 Å². The van der Waals surface area contributed by atoms with Crippen molar-refractivity contribution < 1.29 is 48.1 Å². The highest BCUT2D eigenvalue weighted by Crippen LogP contribution is 2.30. The number of anilines is 1. The number of nitrogens with one attached hydrogen (secondary N) is 3. The predicted molar refractivity (Wildman–Crippen MR) is 249 cm³/mol. The second kappa shape index (κ2) is 25.9. The van der Waals surface area contributed by atoms with E-state index in [1.165, 1.54) is 26.2 Å². The van der Waals surface area contributed by atoms with Crippen LogP contribution in [0.3, 0.4) is 0 Å². The summed E-state index contributed by atoms with van der Waals surface area (Å²) in [7, 11) is 6.14.